The average Bonchev–Trinajstić information content (AvgIpc) is 3.26. The van der Waals surface area contributed by atoms with Crippen molar-refractivity contribution in [3.8, 4) is 0 Å². The highest BCUT2D eigenvalue weighted by molar-refractivity contribution is 6.00. The van der Waals surface area contributed by atoms with Crippen LogP contribution >= 0.6 is 0 Å². The lowest BCUT2D eigenvalue weighted by Crippen LogP contribution is -2.21. The minimum atomic E-state index is -0.845. The van der Waals surface area contributed by atoms with Crippen molar-refractivity contribution in [1.82, 2.24) is 14.6 Å². The van der Waals surface area contributed by atoms with E-state index in [0.29, 0.717) is 31.0 Å². The van der Waals surface area contributed by atoms with Crippen molar-refractivity contribution < 1.29 is 22.7 Å². The van der Waals surface area contributed by atoms with E-state index >= 15 is 0 Å². The Morgan fingerprint density at radius 2 is 1.90 bits per heavy atom. The number of nitrogens with two attached hydrogens (primary N) is 1. The number of benzene rings is 1. The maximum Gasteiger partial charge on any atom is 0.345 e. The monoisotopic (exact) mass is 407 g/mol. The van der Waals surface area contributed by atoms with E-state index in [-0.39, 0.29) is 18.0 Å². The fourth-order valence-corrected chi connectivity index (χ4v) is 2.87. The number of alkyl halides is 1. The molecule has 1 unspecified atom stereocenters. The highest BCUT2D eigenvalue weighted by atomic mass is 19.1. The number of anilines is 2. The first-order valence-corrected chi connectivity index (χ1v) is 9.01. The number of ether oxygens (including phenoxy) is 1. The summed E-state index contributed by atoms with van der Waals surface area (Å²) in [6, 6.07) is 6.04. The summed E-state index contributed by atoms with van der Waals surface area (Å²) >= 11 is 0. The molecule has 3 heterocycles. The van der Waals surface area contributed by atoms with Gasteiger partial charge in [0.1, 0.15) is 29.2 Å². The van der Waals surface area contributed by atoms with E-state index in [1.807, 2.05) is 4.90 Å². The predicted octanol–water partition coefficient (Wildman–Crippen LogP) is 3.00. The molecule has 1 fully saturated rings. The molecule has 29 heavy (non-hydrogen) atoms. The van der Waals surface area contributed by atoms with Crippen LogP contribution in [0.3, 0.4) is 0 Å². The largest absolute Gasteiger partial charge is 0.462 e. The molecule has 1 saturated heterocycles. The summed E-state index contributed by atoms with van der Waals surface area (Å²) in [7, 11) is 0. The summed E-state index contributed by atoms with van der Waals surface area (Å²) in [4.78, 5) is 18.2. The Morgan fingerprint density at radius 3 is 2.45 bits per heavy atom. The number of esters is 1. The Morgan fingerprint density at radius 1 is 1.24 bits per heavy atom. The number of aromatic nitrogens is 3. The molecule has 4 rings (SSSR count). The average molecular weight is 407 g/mol. The van der Waals surface area contributed by atoms with E-state index < -0.39 is 23.8 Å². The third-order valence-corrected chi connectivity index (χ3v) is 4.24. The topological polar surface area (TPSA) is 85.8 Å². The molecule has 1 aliphatic heterocycles. The van der Waals surface area contributed by atoms with Gasteiger partial charge in [-0.2, -0.15) is 0 Å². The first-order valence-electron chi connectivity index (χ1n) is 9.01. The van der Waals surface area contributed by atoms with Crippen molar-refractivity contribution in [2.75, 3.05) is 30.3 Å². The Kier molecular flexibility index (Phi) is 6.20. The van der Waals surface area contributed by atoms with E-state index in [1.165, 1.54) is 4.52 Å². The second kappa shape index (κ2) is 8.80. The molecular weight excluding hydrogens is 387 g/mol. The zero-order chi connectivity index (χ0) is 21.0. The van der Waals surface area contributed by atoms with Crippen LogP contribution < -0.4 is 10.6 Å². The first-order chi connectivity index (χ1) is 13.9. The minimum absolute atomic E-state index is 0.0721. The van der Waals surface area contributed by atoms with Crippen molar-refractivity contribution in [1.29, 1.82) is 0 Å². The van der Waals surface area contributed by atoms with Crippen molar-refractivity contribution in [2.24, 2.45) is 0 Å². The second-order valence-corrected chi connectivity index (χ2v) is 6.30. The lowest BCUT2D eigenvalue weighted by atomic mass is 10.3. The number of hydrogen-bond donors (Lipinski definition) is 1. The highest BCUT2D eigenvalue weighted by Crippen LogP contribution is 2.23. The summed E-state index contributed by atoms with van der Waals surface area (Å²) in [5, 5.41) is 4.04. The molecule has 1 aliphatic rings. The van der Waals surface area contributed by atoms with Crippen LogP contribution in [0.4, 0.5) is 24.8 Å². The van der Waals surface area contributed by atoms with Gasteiger partial charge in [-0.15, -0.1) is 5.10 Å². The van der Waals surface area contributed by atoms with Gasteiger partial charge in [0.2, 0.25) is 0 Å². The number of rotatable bonds is 3. The molecule has 0 bridgehead atoms. The zero-order valence-electron chi connectivity index (χ0n) is 15.7. The number of carbonyl (C=O) groups excluding carboxylic acids is 1. The molecule has 0 saturated carbocycles. The van der Waals surface area contributed by atoms with Crippen LogP contribution in [-0.2, 0) is 4.74 Å². The Hall–Kier alpha value is -3.30. The maximum atomic E-state index is 13.3. The molecule has 0 spiro atoms. The summed E-state index contributed by atoms with van der Waals surface area (Å²) in [6.07, 6.45) is 1.30. The third kappa shape index (κ3) is 4.76. The van der Waals surface area contributed by atoms with E-state index in [4.69, 9.17) is 10.5 Å². The lowest BCUT2D eigenvalue weighted by molar-refractivity contribution is 0.0529. The molecule has 0 aliphatic carbocycles. The molecule has 154 valence electrons. The van der Waals surface area contributed by atoms with Crippen LogP contribution in [0.2, 0.25) is 0 Å². The van der Waals surface area contributed by atoms with Crippen molar-refractivity contribution >= 4 is 23.3 Å². The molecule has 0 radical (unpaired) electrons. The van der Waals surface area contributed by atoms with E-state index in [9.17, 15) is 18.0 Å². The zero-order valence-corrected chi connectivity index (χ0v) is 15.7. The Labute approximate surface area is 164 Å². The summed E-state index contributed by atoms with van der Waals surface area (Å²) in [6.45, 7) is 2.86. The molecule has 7 nitrogen and oxygen atoms in total. The number of halogens is 3. The number of nitrogen functional groups attached to an aromatic ring is 1. The minimum Gasteiger partial charge on any atom is -0.462 e. The van der Waals surface area contributed by atoms with Gasteiger partial charge >= 0.3 is 5.97 Å². The molecule has 0 amide bonds. The fourth-order valence-electron chi connectivity index (χ4n) is 2.87. The normalized spacial score (nSPS) is 15.9. The fraction of sp³-hybridized carbons (Fsp3) is 0.316. The highest BCUT2D eigenvalue weighted by Gasteiger charge is 2.25. The lowest BCUT2D eigenvalue weighted by Gasteiger charge is -2.16. The number of nitrogens with zero attached hydrogens (tertiary/aromatic N) is 4. The van der Waals surface area contributed by atoms with Crippen LogP contribution in [0.25, 0.3) is 5.65 Å². The maximum absolute atomic E-state index is 13.3. The van der Waals surface area contributed by atoms with Gasteiger partial charge in [0.15, 0.2) is 11.5 Å². The summed E-state index contributed by atoms with van der Waals surface area (Å²) < 4.78 is 43.5. The van der Waals surface area contributed by atoms with Crippen LogP contribution in [0.15, 0.2) is 36.5 Å². The van der Waals surface area contributed by atoms with Crippen LogP contribution in [0.5, 0.6) is 0 Å². The van der Waals surface area contributed by atoms with Gasteiger partial charge < -0.3 is 15.4 Å². The molecule has 2 N–H and O–H groups in total. The van der Waals surface area contributed by atoms with E-state index in [1.54, 1.807) is 19.2 Å². The number of fused-ring (bicyclic) bond motifs is 1. The van der Waals surface area contributed by atoms with Crippen LogP contribution in [0, 0.1) is 11.6 Å². The Balaban J connectivity index is 0.000000252. The van der Waals surface area contributed by atoms with Crippen LogP contribution in [0.1, 0.15) is 23.7 Å². The SMILES string of the molecule is CCOC(=O)c1c(N)nn2ccc(N3CCC(F)C3)nc12.Fc1ccc(F)cc1. The van der Waals surface area contributed by atoms with Crippen molar-refractivity contribution in [2.45, 2.75) is 19.5 Å². The van der Waals surface area contributed by atoms with E-state index in [0.717, 1.165) is 24.3 Å². The van der Waals surface area contributed by atoms with Gasteiger partial charge in [0.25, 0.3) is 0 Å². The van der Waals surface area contributed by atoms with Gasteiger partial charge in [-0.3, -0.25) is 0 Å². The molecule has 1 aromatic carbocycles. The quantitative estimate of drug-likeness (QED) is 0.672. The summed E-state index contributed by atoms with van der Waals surface area (Å²) in [5.41, 5.74) is 6.24. The van der Waals surface area contributed by atoms with Crippen molar-refractivity contribution in [3.63, 3.8) is 0 Å². The van der Waals surface area contributed by atoms with Gasteiger partial charge in [-0.25, -0.2) is 27.5 Å². The van der Waals surface area contributed by atoms with Crippen molar-refractivity contribution in [3.05, 3.63) is 53.7 Å². The second-order valence-electron chi connectivity index (χ2n) is 6.30. The van der Waals surface area contributed by atoms with Crippen LogP contribution in [-0.4, -0.2) is 46.4 Å². The third-order valence-electron chi connectivity index (χ3n) is 4.24. The number of carbonyl (C=O) groups is 1. The van der Waals surface area contributed by atoms with E-state index in [2.05, 4.69) is 10.1 Å². The molecular formula is C19H20F3N5O2. The number of hydrogen-bond acceptors (Lipinski definition) is 6. The van der Waals surface area contributed by atoms with Gasteiger partial charge in [0, 0.05) is 12.7 Å². The standard InChI is InChI=1S/C13H16FN5O2.C6H4F2/c1-2-21-13(20)10-11(15)17-19-6-4-9(16-12(10)19)18-5-3-8(14)7-18;7-5-1-2-6(8)4-3-5/h4,6,8H,2-3,5,7H2,1H3,(H2,15,17);1-4H. The summed E-state index contributed by atoms with van der Waals surface area (Å²) in [5.74, 6) is -0.701. The first kappa shape index (κ1) is 20.4. The van der Waals surface area contributed by atoms with Gasteiger partial charge in [-0.05, 0) is 43.7 Å². The Bertz CT molecular complexity index is 972. The molecule has 2 aromatic heterocycles. The molecule has 3 aromatic rings. The van der Waals surface area contributed by atoms with Gasteiger partial charge in [0.05, 0.1) is 13.2 Å². The predicted molar refractivity (Wildman–Crippen MR) is 101 cm³/mol. The van der Waals surface area contributed by atoms with Gasteiger partial charge in [-0.1, -0.05) is 0 Å². The molecule has 1 atom stereocenters. The smallest absolute Gasteiger partial charge is 0.345 e. The molecule has 10 heteroatoms.